The van der Waals surface area contributed by atoms with E-state index in [-0.39, 0.29) is 37.1 Å². The third kappa shape index (κ3) is 7.99. The molecule has 200 valence electrons. The Morgan fingerprint density at radius 1 is 0.676 bits per heavy atom. The number of esters is 2. The van der Waals surface area contributed by atoms with Crippen molar-refractivity contribution in [2.75, 3.05) is 13.2 Å². The second kappa shape index (κ2) is 13.0. The number of rotatable bonds is 10. The molecular weight excluding hydrogens is 546 g/mol. The van der Waals surface area contributed by atoms with Gasteiger partial charge >= 0.3 is 24.3 Å². The van der Waals surface area contributed by atoms with Gasteiger partial charge in [0, 0.05) is 35.0 Å². The SMILES string of the molecule is CCOC(=O)C(S/N=C(/c1ccccc1)C(F)(F)F)(S/N=C(/c1ccccc1)C(F)(F)F)C(=O)OCC. The summed E-state index contributed by atoms with van der Waals surface area (Å²) in [6.07, 6.45) is -10.1. The summed E-state index contributed by atoms with van der Waals surface area (Å²) >= 11 is -0.500. The average molecular weight is 567 g/mol. The van der Waals surface area contributed by atoms with Crippen molar-refractivity contribution in [2.45, 2.75) is 30.3 Å². The van der Waals surface area contributed by atoms with Gasteiger partial charge in [0.05, 0.1) is 13.2 Å². The minimum absolute atomic E-state index is 0.250. The molecule has 2 aromatic rings. The van der Waals surface area contributed by atoms with Crippen LogP contribution in [0.15, 0.2) is 69.5 Å². The number of ether oxygens (including phenoxy) is 2. The van der Waals surface area contributed by atoms with E-state index in [1.165, 1.54) is 50.2 Å². The van der Waals surface area contributed by atoms with E-state index in [0.717, 1.165) is 24.3 Å². The molecule has 0 unspecified atom stereocenters. The molecule has 0 radical (unpaired) electrons. The Bertz CT molecular complexity index is 1030. The van der Waals surface area contributed by atoms with Crippen LogP contribution in [0.3, 0.4) is 0 Å². The first-order valence-corrected chi connectivity index (χ1v) is 12.0. The van der Waals surface area contributed by atoms with Crippen LogP contribution in [-0.2, 0) is 19.1 Å². The van der Waals surface area contributed by atoms with E-state index in [1.54, 1.807) is 0 Å². The quantitative estimate of drug-likeness (QED) is 0.0850. The lowest BCUT2D eigenvalue weighted by molar-refractivity contribution is -0.154. The van der Waals surface area contributed by atoms with Crippen LogP contribution in [0.1, 0.15) is 25.0 Å². The van der Waals surface area contributed by atoms with E-state index >= 15 is 0 Å². The minimum Gasteiger partial charge on any atom is -0.464 e. The lowest BCUT2D eigenvalue weighted by Crippen LogP contribution is -2.43. The molecule has 0 saturated heterocycles. The summed E-state index contributed by atoms with van der Waals surface area (Å²) in [6.45, 7) is 1.99. The van der Waals surface area contributed by atoms with Gasteiger partial charge in [-0.2, -0.15) is 26.3 Å². The highest BCUT2D eigenvalue weighted by Gasteiger charge is 2.54. The number of hydrogen-bond donors (Lipinski definition) is 0. The number of nitrogens with zero attached hydrogens (tertiary/aromatic N) is 2. The second-order valence-electron chi connectivity index (χ2n) is 6.85. The first-order valence-electron chi connectivity index (χ1n) is 10.5. The molecule has 14 heteroatoms. The molecule has 2 rings (SSSR count). The van der Waals surface area contributed by atoms with Crippen LogP contribution >= 0.6 is 23.9 Å². The van der Waals surface area contributed by atoms with Crippen molar-refractivity contribution >= 4 is 47.3 Å². The molecule has 0 fully saturated rings. The van der Waals surface area contributed by atoms with Crippen molar-refractivity contribution in [2.24, 2.45) is 8.80 Å². The van der Waals surface area contributed by atoms with Crippen molar-refractivity contribution in [3.8, 4) is 0 Å². The zero-order chi connectivity index (χ0) is 27.7. The van der Waals surface area contributed by atoms with Crippen LogP contribution in [0, 0.1) is 0 Å². The van der Waals surface area contributed by atoms with Crippen molar-refractivity contribution < 1.29 is 45.4 Å². The van der Waals surface area contributed by atoms with Gasteiger partial charge in [-0.25, -0.2) is 18.4 Å². The van der Waals surface area contributed by atoms with Gasteiger partial charge in [0.25, 0.3) is 4.08 Å². The van der Waals surface area contributed by atoms with E-state index < -0.39 is 50.9 Å². The molecule has 0 saturated carbocycles. The highest BCUT2D eigenvalue weighted by Crippen LogP contribution is 2.44. The predicted octanol–water partition coefficient (Wildman–Crippen LogP) is 6.21. The van der Waals surface area contributed by atoms with Gasteiger partial charge in [0.2, 0.25) is 0 Å². The zero-order valence-electron chi connectivity index (χ0n) is 19.3. The van der Waals surface area contributed by atoms with E-state index in [1.807, 2.05) is 0 Å². The summed E-state index contributed by atoms with van der Waals surface area (Å²) in [5.74, 6) is -2.97. The Balaban J connectivity index is 2.71. The number of carbonyl (C=O) groups excluding carboxylic acids is 2. The molecule has 0 amide bonds. The lowest BCUT2D eigenvalue weighted by atomic mass is 10.1. The molecule has 6 nitrogen and oxygen atoms in total. The molecule has 0 aliphatic carbocycles. The van der Waals surface area contributed by atoms with Gasteiger partial charge < -0.3 is 9.47 Å². The number of carbonyl (C=O) groups is 2. The Kier molecular flexibility index (Phi) is 10.6. The number of alkyl halides is 6. The Labute approximate surface area is 216 Å². The van der Waals surface area contributed by atoms with Crippen molar-refractivity contribution in [1.29, 1.82) is 0 Å². The molecule has 0 bridgehead atoms. The summed E-state index contributed by atoms with van der Waals surface area (Å²) in [7, 11) is 0. The molecule has 0 aromatic heterocycles. The van der Waals surface area contributed by atoms with Crippen LogP contribution in [-0.4, -0.2) is 53.0 Å². The molecule has 0 aliphatic heterocycles. The van der Waals surface area contributed by atoms with E-state index in [9.17, 15) is 35.9 Å². The first-order chi connectivity index (χ1) is 17.4. The summed E-state index contributed by atoms with van der Waals surface area (Å²) < 4.78 is 96.4. The second-order valence-corrected chi connectivity index (χ2v) is 9.06. The summed E-state index contributed by atoms with van der Waals surface area (Å²) in [5, 5.41) is 0. The van der Waals surface area contributed by atoms with Gasteiger partial charge in [-0.15, -0.1) is 0 Å². The zero-order valence-corrected chi connectivity index (χ0v) is 20.9. The van der Waals surface area contributed by atoms with Crippen molar-refractivity contribution in [3.63, 3.8) is 0 Å². The number of hydrogen-bond acceptors (Lipinski definition) is 8. The molecule has 0 heterocycles. The monoisotopic (exact) mass is 566 g/mol. The summed E-state index contributed by atoms with van der Waals surface area (Å²) in [4.78, 5) is 25.8. The fraction of sp³-hybridized carbons (Fsp3) is 0.304. The normalized spacial score (nSPS) is 13.3. The van der Waals surface area contributed by atoms with Crippen LogP contribution in [0.25, 0.3) is 0 Å². The highest BCUT2D eigenvalue weighted by molar-refractivity contribution is 8.19. The maximum absolute atomic E-state index is 13.8. The standard InChI is InChI=1S/C23H20F6N2O4S2/c1-3-34-19(32)21(20(33)35-4-2,36-30-17(22(24,25)26)15-11-7-5-8-12-15)37-31-18(23(27,28)29)16-13-9-6-10-14-16/h5-14H,3-4H2,1-2H3/b30-17-,31-18-. The fourth-order valence-electron chi connectivity index (χ4n) is 2.65. The van der Waals surface area contributed by atoms with Crippen LogP contribution < -0.4 is 0 Å². The lowest BCUT2D eigenvalue weighted by Gasteiger charge is -2.25. The molecule has 0 aliphatic rings. The minimum atomic E-state index is -5.04. The van der Waals surface area contributed by atoms with Crippen molar-refractivity contribution in [3.05, 3.63) is 71.8 Å². The first kappa shape index (κ1) is 30.2. The van der Waals surface area contributed by atoms with E-state index in [0.29, 0.717) is 0 Å². The summed E-state index contributed by atoms with van der Waals surface area (Å²) in [6, 6.07) is 12.5. The summed E-state index contributed by atoms with van der Waals surface area (Å²) in [5.41, 5.74) is -3.78. The number of benzene rings is 2. The van der Waals surface area contributed by atoms with Gasteiger partial charge in [-0.05, 0) is 13.8 Å². The van der Waals surface area contributed by atoms with E-state index in [4.69, 9.17) is 9.47 Å². The molecule has 0 atom stereocenters. The average Bonchev–Trinajstić information content (AvgIpc) is 2.83. The predicted molar refractivity (Wildman–Crippen MR) is 129 cm³/mol. The third-order valence-electron chi connectivity index (χ3n) is 4.25. The molecule has 0 N–H and O–H groups in total. The van der Waals surface area contributed by atoms with E-state index in [2.05, 4.69) is 8.80 Å². The molecule has 0 spiro atoms. The maximum atomic E-state index is 13.8. The van der Waals surface area contributed by atoms with Crippen LogP contribution in [0.2, 0.25) is 0 Å². The maximum Gasteiger partial charge on any atom is 0.434 e. The topological polar surface area (TPSA) is 77.3 Å². The van der Waals surface area contributed by atoms with Gasteiger partial charge in [0.1, 0.15) is 0 Å². The number of halogens is 6. The Morgan fingerprint density at radius 2 is 1.00 bits per heavy atom. The highest BCUT2D eigenvalue weighted by atomic mass is 32.2. The molecule has 2 aromatic carbocycles. The van der Waals surface area contributed by atoms with Gasteiger partial charge in [0.15, 0.2) is 11.4 Å². The van der Waals surface area contributed by atoms with Gasteiger partial charge in [-0.3, -0.25) is 0 Å². The Hall–Kier alpha value is -3.00. The largest absolute Gasteiger partial charge is 0.464 e. The fourth-order valence-corrected chi connectivity index (χ4v) is 4.40. The Morgan fingerprint density at radius 3 is 1.27 bits per heavy atom. The van der Waals surface area contributed by atoms with Crippen molar-refractivity contribution in [1.82, 2.24) is 0 Å². The van der Waals surface area contributed by atoms with Crippen LogP contribution in [0.5, 0.6) is 0 Å². The third-order valence-corrected chi connectivity index (χ3v) is 6.43. The molecular formula is C23H20F6N2O4S2. The molecule has 37 heavy (non-hydrogen) atoms. The van der Waals surface area contributed by atoms with Gasteiger partial charge in [-0.1, -0.05) is 60.7 Å². The van der Waals surface area contributed by atoms with Crippen LogP contribution in [0.4, 0.5) is 26.3 Å². The smallest absolute Gasteiger partial charge is 0.434 e.